The summed E-state index contributed by atoms with van der Waals surface area (Å²) in [6, 6.07) is 9.88. The third-order valence-corrected chi connectivity index (χ3v) is 2.36. The molecule has 0 radical (unpaired) electrons. The van der Waals surface area contributed by atoms with Crippen molar-refractivity contribution in [3.05, 3.63) is 66.0 Å². The lowest BCUT2D eigenvalue weighted by atomic mass is 10.00. The molecule has 16 heavy (non-hydrogen) atoms. The molecular weight excluding hydrogens is 196 g/mol. The number of rotatable bonds is 4. The van der Waals surface area contributed by atoms with E-state index >= 15 is 0 Å². The van der Waals surface area contributed by atoms with E-state index in [0.29, 0.717) is 0 Å². The van der Waals surface area contributed by atoms with Gasteiger partial charge in [0.2, 0.25) is 0 Å². The third kappa shape index (κ3) is 3.43. The zero-order valence-electron chi connectivity index (χ0n) is 9.85. The molecular formula is C15H18O. The van der Waals surface area contributed by atoms with Crippen LogP contribution in [0.15, 0.2) is 60.4 Å². The van der Waals surface area contributed by atoms with Gasteiger partial charge in [-0.2, -0.15) is 0 Å². The van der Waals surface area contributed by atoms with Gasteiger partial charge in [0.1, 0.15) is 0 Å². The number of hydrogen-bond acceptors (Lipinski definition) is 1. The first-order valence-corrected chi connectivity index (χ1v) is 5.53. The molecule has 1 aromatic carbocycles. The van der Waals surface area contributed by atoms with Crippen LogP contribution < -0.4 is 0 Å². The fourth-order valence-corrected chi connectivity index (χ4v) is 1.46. The summed E-state index contributed by atoms with van der Waals surface area (Å²) in [6.07, 6.45) is 8.30. The Kier molecular flexibility index (Phi) is 5.13. The molecule has 0 unspecified atom stereocenters. The smallest absolute Gasteiger partial charge is 0.0872 e. The predicted octanol–water partition coefficient (Wildman–Crippen LogP) is 4.50. The molecule has 0 saturated heterocycles. The van der Waals surface area contributed by atoms with E-state index in [2.05, 4.69) is 13.0 Å². The zero-order valence-corrected chi connectivity index (χ0v) is 9.85. The van der Waals surface area contributed by atoms with Crippen LogP contribution in [-0.4, -0.2) is 5.11 Å². The predicted molar refractivity (Wildman–Crippen MR) is 70.2 cm³/mol. The highest BCUT2D eigenvalue weighted by Gasteiger charge is 2.01. The molecule has 0 aliphatic rings. The molecule has 0 bridgehead atoms. The third-order valence-electron chi connectivity index (χ3n) is 2.36. The Morgan fingerprint density at radius 2 is 1.94 bits per heavy atom. The molecule has 0 atom stereocenters. The van der Waals surface area contributed by atoms with Crippen LogP contribution >= 0.6 is 0 Å². The molecule has 0 fully saturated rings. The highest BCUT2D eigenvalue weighted by atomic mass is 16.2. The Labute approximate surface area is 97.4 Å². The van der Waals surface area contributed by atoms with Crippen molar-refractivity contribution in [1.82, 2.24) is 0 Å². The lowest BCUT2D eigenvalue weighted by molar-refractivity contribution is 0.476. The molecule has 1 heteroatoms. The first-order valence-electron chi connectivity index (χ1n) is 5.53. The van der Waals surface area contributed by atoms with Crippen LogP contribution in [0.3, 0.4) is 0 Å². The van der Waals surface area contributed by atoms with Crippen molar-refractivity contribution in [2.24, 2.45) is 0 Å². The van der Waals surface area contributed by atoms with Gasteiger partial charge in [-0.1, -0.05) is 55.5 Å². The van der Waals surface area contributed by atoms with Gasteiger partial charge in [0.15, 0.2) is 0 Å². The summed E-state index contributed by atoms with van der Waals surface area (Å²) >= 11 is 0. The standard InChI is InChI=1S/C15H18O/c1-3-4-6-9-13(2)15(12-16)14-10-7-5-8-11-14/h4-12,16H,3H2,1-2H3/b6-4-,13-9+,15-12-. The van der Waals surface area contributed by atoms with Gasteiger partial charge in [-0.3, -0.25) is 0 Å². The van der Waals surface area contributed by atoms with E-state index in [9.17, 15) is 5.11 Å². The molecule has 0 aliphatic carbocycles. The number of allylic oxidation sites excluding steroid dienone is 5. The number of aliphatic hydroxyl groups is 1. The van der Waals surface area contributed by atoms with E-state index in [1.807, 2.05) is 49.4 Å². The Hall–Kier alpha value is -1.76. The fourth-order valence-electron chi connectivity index (χ4n) is 1.46. The fraction of sp³-hybridized carbons (Fsp3) is 0.200. The Bertz CT molecular complexity index is 397. The molecule has 0 saturated carbocycles. The Morgan fingerprint density at radius 1 is 1.25 bits per heavy atom. The summed E-state index contributed by atoms with van der Waals surface area (Å²) in [5.41, 5.74) is 2.95. The second kappa shape index (κ2) is 6.67. The zero-order chi connectivity index (χ0) is 11.8. The molecule has 1 rings (SSSR count). The summed E-state index contributed by atoms with van der Waals surface area (Å²) in [6.45, 7) is 4.09. The van der Waals surface area contributed by atoms with Crippen LogP contribution in [-0.2, 0) is 0 Å². The summed E-state index contributed by atoms with van der Waals surface area (Å²) in [4.78, 5) is 0. The van der Waals surface area contributed by atoms with E-state index in [1.54, 1.807) is 0 Å². The maximum absolute atomic E-state index is 9.28. The molecule has 0 spiro atoms. The van der Waals surface area contributed by atoms with Crippen molar-refractivity contribution < 1.29 is 5.11 Å². The maximum atomic E-state index is 9.28. The Morgan fingerprint density at radius 3 is 2.50 bits per heavy atom. The van der Waals surface area contributed by atoms with Gasteiger partial charge in [0.25, 0.3) is 0 Å². The molecule has 1 aromatic rings. The van der Waals surface area contributed by atoms with Gasteiger partial charge in [0.05, 0.1) is 6.26 Å². The minimum absolute atomic E-state index is 0.862. The SMILES string of the molecule is CC\C=C/C=C(C)/C(=C/O)c1ccccc1. The monoisotopic (exact) mass is 214 g/mol. The first kappa shape index (κ1) is 12.3. The summed E-state index contributed by atoms with van der Waals surface area (Å²) in [7, 11) is 0. The molecule has 1 N–H and O–H groups in total. The summed E-state index contributed by atoms with van der Waals surface area (Å²) in [5, 5.41) is 9.28. The van der Waals surface area contributed by atoms with E-state index in [-0.39, 0.29) is 0 Å². The van der Waals surface area contributed by atoms with Crippen molar-refractivity contribution in [3.8, 4) is 0 Å². The second-order valence-corrected chi connectivity index (χ2v) is 3.59. The van der Waals surface area contributed by atoms with Gasteiger partial charge < -0.3 is 5.11 Å². The van der Waals surface area contributed by atoms with Crippen LogP contribution in [0.25, 0.3) is 5.57 Å². The average molecular weight is 214 g/mol. The van der Waals surface area contributed by atoms with Crippen molar-refractivity contribution >= 4 is 5.57 Å². The maximum Gasteiger partial charge on any atom is 0.0872 e. The largest absolute Gasteiger partial charge is 0.515 e. The molecule has 0 aromatic heterocycles. The van der Waals surface area contributed by atoms with Gasteiger partial charge in [-0.15, -0.1) is 0 Å². The van der Waals surface area contributed by atoms with E-state index in [0.717, 1.165) is 23.1 Å². The lowest BCUT2D eigenvalue weighted by Gasteiger charge is -2.05. The molecule has 1 nitrogen and oxygen atoms in total. The van der Waals surface area contributed by atoms with Gasteiger partial charge >= 0.3 is 0 Å². The molecule has 0 aliphatic heterocycles. The molecule has 0 amide bonds. The van der Waals surface area contributed by atoms with Gasteiger partial charge in [0, 0.05) is 5.57 Å². The van der Waals surface area contributed by atoms with E-state index in [4.69, 9.17) is 0 Å². The normalized spacial score (nSPS) is 13.4. The van der Waals surface area contributed by atoms with E-state index < -0.39 is 0 Å². The van der Waals surface area contributed by atoms with Gasteiger partial charge in [-0.25, -0.2) is 0 Å². The summed E-state index contributed by atoms with van der Waals surface area (Å²) in [5.74, 6) is 0. The van der Waals surface area contributed by atoms with E-state index in [1.165, 1.54) is 6.26 Å². The van der Waals surface area contributed by atoms with Crippen LogP contribution in [0.1, 0.15) is 25.8 Å². The minimum Gasteiger partial charge on any atom is -0.515 e. The van der Waals surface area contributed by atoms with Crippen LogP contribution in [0.4, 0.5) is 0 Å². The lowest BCUT2D eigenvalue weighted by Crippen LogP contribution is -1.86. The van der Waals surface area contributed by atoms with Crippen molar-refractivity contribution in [2.75, 3.05) is 0 Å². The van der Waals surface area contributed by atoms with Crippen molar-refractivity contribution in [1.29, 1.82) is 0 Å². The minimum atomic E-state index is 0.862. The first-order chi connectivity index (χ1) is 7.79. The number of aliphatic hydroxyl groups excluding tert-OH is 1. The van der Waals surface area contributed by atoms with Crippen LogP contribution in [0.5, 0.6) is 0 Å². The quantitative estimate of drug-likeness (QED) is 0.578. The van der Waals surface area contributed by atoms with Gasteiger partial charge in [-0.05, 0) is 24.5 Å². The van der Waals surface area contributed by atoms with Crippen molar-refractivity contribution in [2.45, 2.75) is 20.3 Å². The highest BCUT2D eigenvalue weighted by molar-refractivity contribution is 5.77. The highest BCUT2D eigenvalue weighted by Crippen LogP contribution is 2.21. The average Bonchev–Trinajstić information content (AvgIpc) is 2.32. The number of benzene rings is 1. The number of hydrogen-bond donors (Lipinski definition) is 1. The Balaban J connectivity index is 2.93. The topological polar surface area (TPSA) is 20.2 Å². The second-order valence-electron chi connectivity index (χ2n) is 3.59. The van der Waals surface area contributed by atoms with Crippen LogP contribution in [0.2, 0.25) is 0 Å². The summed E-state index contributed by atoms with van der Waals surface area (Å²) < 4.78 is 0. The van der Waals surface area contributed by atoms with Crippen molar-refractivity contribution in [3.63, 3.8) is 0 Å². The van der Waals surface area contributed by atoms with Crippen LogP contribution in [0, 0.1) is 0 Å². The molecule has 0 heterocycles. The molecule has 84 valence electrons.